The summed E-state index contributed by atoms with van der Waals surface area (Å²) in [6.07, 6.45) is 0. The molecule has 0 aliphatic rings. The number of ether oxygens (including phenoxy) is 3. The Labute approximate surface area is 224 Å². The van der Waals surface area contributed by atoms with Gasteiger partial charge in [-0.1, -0.05) is 36.0 Å². The van der Waals surface area contributed by atoms with E-state index in [4.69, 9.17) is 28.6 Å². The number of fused-ring (bicyclic) bond motifs is 1. The average Bonchev–Trinajstić information content (AvgIpc) is 3.32. The smallest absolute Gasteiger partial charge is 0.266 e. The maximum Gasteiger partial charge on any atom is 0.266 e. The van der Waals surface area contributed by atoms with Gasteiger partial charge < -0.3 is 18.6 Å². The first kappa shape index (κ1) is 25.4. The van der Waals surface area contributed by atoms with Crippen LogP contribution in [-0.2, 0) is 5.75 Å². The molecule has 5 rings (SSSR count). The third-order valence-electron chi connectivity index (χ3n) is 6.01. The molecule has 0 amide bonds. The van der Waals surface area contributed by atoms with Gasteiger partial charge in [0.05, 0.1) is 43.1 Å². The molecule has 0 N–H and O–H groups in total. The average molecular weight is 530 g/mol. The number of rotatable bonds is 9. The van der Waals surface area contributed by atoms with E-state index >= 15 is 0 Å². The van der Waals surface area contributed by atoms with Crippen LogP contribution in [0.3, 0.4) is 0 Å². The van der Waals surface area contributed by atoms with Crippen molar-refractivity contribution in [3.8, 4) is 34.4 Å². The molecule has 0 fully saturated rings. The van der Waals surface area contributed by atoms with E-state index in [1.165, 1.54) is 11.8 Å². The molecule has 0 bridgehead atoms. The van der Waals surface area contributed by atoms with Crippen LogP contribution in [-0.4, -0.2) is 35.4 Å². The second-order valence-corrected chi connectivity index (χ2v) is 9.28. The van der Waals surface area contributed by atoms with Crippen molar-refractivity contribution < 1.29 is 18.6 Å². The van der Waals surface area contributed by atoms with Gasteiger partial charge in [-0.25, -0.2) is 9.97 Å². The van der Waals surface area contributed by atoms with Crippen molar-refractivity contribution in [1.29, 1.82) is 0 Å². The molecule has 2 aromatic heterocycles. The summed E-state index contributed by atoms with van der Waals surface area (Å²) >= 11 is 1.41. The molecule has 0 aliphatic heterocycles. The number of para-hydroxylation sites is 3. The summed E-state index contributed by atoms with van der Waals surface area (Å²) < 4.78 is 24.2. The first-order valence-corrected chi connectivity index (χ1v) is 13.1. The van der Waals surface area contributed by atoms with Gasteiger partial charge >= 0.3 is 0 Å². The van der Waals surface area contributed by atoms with Crippen LogP contribution in [0, 0.1) is 6.92 Å². The monoisotopic (exact) mass is 529 g/mol. The number of benzene rings is 3. The van der Waals surface area contributed by atoms with Gasteiger partial charge in [0.2, 0.25) is 5.89 Å². The molecule has 2 heterocycles. The Morgan fingerprint density at radius 3 is 2.47 bits per heavy atom. The zero-order chi connectivity index (χ0) is 26.6. The molecular weight excluding hydrogens is 502 g/mol. The summed E-state index contributed by atoms with van der Waals surface area (Å²) in [5.74, 6) is 3.47. The molecule has 0 spiro atoms. The number of hydrogen-bond acceptors (Lipinski definition) is 8. The van der Waals surface area contributed by atoms with E-state index in [1.807, 2.05) is 74.5 Å². The molecule has 5 aromatic rings. The van der Waals surface area contributed by atoms with Crippen LogP contribution in [0.1, 0.15) is 18.4 Å². The fourth-order valence-corrected chi connectivity index (χ4v) is 5.14. The SMILES string of the molecule is CCOc1ccc(-c2nc(CSc3nc4ccccc4c(=O)n3-c3ccccc3OC)c(C)o2)cc1OC. The van der Waals surface area contributed by atoms with Gasteiger partial charge in [-0.15, -0.1) is 0 Å². The van der Waals surface area contributed by atoms with E-state index in [2.05, 4.69) is 0 Å². The third kappa shape index (κ3) is 4.84. The minimum atomic E-state index is -0.165. The van der Waals surface area contributed by atoms with Crippen LogP contribution in [0.5, 0.6) is 17.2 Å². The number of thioether (sulfide) groups is 1. The van der Waals surface area contributed by atoms with Crippen molar-refractivity contribution in [2.45, 2.75) is 24.8 Å². The molecular formula is C29H27N3O5S. The van der Waals surface area contributed by atoms with Crippen LogP contribution in [0.15, 0.2) is 81.1 Å². The summed E-state index contributed by atoms with van der Waals surface area (Å²) in [6.45, 7) is 4.34. The quantitative estimate of drug-likeness (QED) is 0.168. The van der Waals surface area contributed by atoms with E-state index in [0.29, 0.717) is 63.0 Å². The van der Waals surface area contributed by atoms with Crippen LogP contribution >= 0.6 is 11.8 Å². The Bertz CT molecular complexity index is 1660. The normalized spacial score (nSPS) is 11.1. The minimum Gasteiger partial charge on any atom is -0.495 e. The summed E-state index contributed by atoms with van der Waals surface area (Å²) in [4.78, 5) is 23.2. The second-order valence-electron chi connectivity index (χ2n) is 8.33. The molecule has 0 unspecified atom stereocenters. The van der Waals surface area contributed by atoms with Gasteiger partial charge in [0.15, 0.2) is 16.7 Å². The molecule has 8 nitrogen and oxygen atoms in total. The van der Waals surface area contributed by atoms with Crippen molar-refractivity contribution in [3.05, 3.63) is 88.5 Å². The van der Waals surface area contributed by atoms with Crippen molar-refractivity contribution in [2.75, 3.05) is 20.8 Å². The van der Waals surface area contributed by atoms with Crippen molar-refractivity contribution in [2.24, 2.45) is 0 Å². The molecule has 0 aliphatic carbocycles. The van der Waals surface area contributed by atoms with Crippen LogP contribution in [0.4, 0.5) is 0 Å². The Balaban J connectivity index is 1.51. The fourth-order valence-electron chi connectivity index (χ4n) is 4.13. The van der Waals surface area contributed by atoms with Gasteiger partial charge in [0, 0.05) is 11.3 Å². The Morgan fingerprint density at radius 1 is 0.921 bits per heavy atom. The lowest BCUT2D eigenvalue weighted by Gasteiger charge is -2.15. The highest BCUT2D eigenvalue weighted by atomic mass is 32.2. The lowest BCUT2D eigenvalue weighted by atomic mass is 10.2. The zero-order valence-corrected chi connectivity index (χ0v) is 22.4. The molecule has 38 heavy (non-hydrogen) atoms. The molecule has 9 heteroatoms. The molecule has 0 radical (unpaired) electrons. The van der Waals surface area contributed by atoms with E-state index in [1.54, 1.807) is 24.9 Å². The first-order chi connectivity index (χ1) is 18.5. The standard InChI is InChI=1S/C29H27N3O5S/c1-5-36-25-15-14-19(16-26(25)35-4)27-30-22(18(2)37-27)17-38-29-31-21-11-7-6-10-20(21)28(33)32(29)23-12-8-9-13-24(23)34-3/h6-16H,5,17H2,1-4H3. The third-order valence-corrected chi connectivity index (χ3v) is 6.96. The highest BCUT2D eigenvalue weighted by Gasteiger charge is 2.19. The van der Waals surface area contributed by atoms with Crippen LogP contribution < -0.4 is 19.8 Å². The zero-order valence-electron chi connectivity index (χ0n) is 21.6. The summed E-state index contributed by atoms with van der Waals surface area (Å²) in [6, 6.07) is 20.3. The molecule has 0 atom stereocenters. The van der Waals surface area contributed by atoms with Crippen molar-refractivity contribution >= 4 is 22.7 Å². The largest absolute Gasteiger partial charge is 0.495 e. The molecule has 0 saturated carbocycles. The molecule has 0 saturated heterocycles. The summed E-state index contributed by atoms with van der Waals surface area (Å²) in [7, 11) is 3.18. The highest BCUT2D eigenvalue weighted by Crippen LogP contribution is 2.34. The van der Waals surface area contributed by atoms with Crippen molar-refractivity contribution in [1.82, 2.24) is 14.5 Å². The lowest BCUT2D eigenvalue weighted by molar-refractivity contribution is 0.311. The highest BCUT2D eigenvalue weighted by molar-refractivity contribution is 7.98. The van der Waals surface area contributed by atoms with Gasteiger partial charge in [-0.3, -0.25) is 9.36 Å². The summed E-state index contributed by atoms with van der Waals surface area (Å²) in [5.41, 5.74) is 2.62. The Kier molecular flexibility index (Phi) is 7.37. The van der Waals surface area contributed by atoms with Crippen LogP contribution in [0.25, 0.3) is 28.0 Å². The molecule has 194 valence electrons. The van der Waals surface area contributed by atoms with E-state index in [0.717, 1.165) is 11.3 Å². The van der Waals surface area contributed by atoms with E-state index in [-0.39, 0.29) is 5.56 Å². The molecule has 3 aromatic carbocycles. The number of aromatic nitrogens is 3. The van der Waals surface area contributed by atoms with Gasteiger partial charge in [0.25, 0.3) is 5.56 Å². The van der Waals surface area contributed by atoms with Gasteiger partial charge in [0.1, 0.15) is 11.5 Å². The number of methoxy groups -OCH3 is 2. The van der Waals surface area contributed by atoms with Crippen LogP contribution in [0.2, 0.25) is 0 Å². The van der Waals surface area contributed by atoms with E-state index < -0.39 is 0 Å². The minimum absolute atomic E-state index is 0.165. The maximum absolute atomic E-state index is 13.6. The first-order valence-electron chi connectivity index (χ1n) is 12.1. The van der Waals surface area contributed by atoms with E-state index in [9.17, 15) is 4.79 Å². The maximum atomic E-state index is 13.6. The predicted octanol–water partition coefficient (Wildman–Crippen LogP) is 6.06. The predicted molar refractivity (Wildman–Crippen MR) is 148 cm³/mol. The number of oxazole rings is 1. The Morgan fingerprint density at radius 2 is 1.68 bits per heavy atom. The second kappa shape index (κ2) is 11.0. The van der Waals surface area contributed by atoms with Gasteiger partial charge in [-0.2, -0.15) is 0 Å². The van der Waals surface area contributed by atoms with Gasteiger partial charge in [-0.05, 0) is 56.3 Å². The Hall–Kier alpha value is -4.24. The number of hydrogen-bond donors (Lipinski definition) is 0. The lowest BCUT2D eigenvalue weighted by Crippen LogP contribution is -2.22. The fraction of sp³-hybridized carbons (Fsp3) is 0.207. The van der Waals surface area contributed by atoms with Crippen molar-refractivity contribution in [3.63, 3.8) is 0 Å². The number of nitrogens with zero attached hydrogens (tertiary/aromatic N) is 3. The summed E-state index contributed by atoms with van der Waals surface area (Å²) in [5, 5.41) is 1.07. The number of aryl methyl sites for hydroxylation is 1. The topological polar surface area (TPSA) is 88.6 Å².